The van der Waals surface area contributed by atoms with Crippen LogP contribution in [0.3, 0.4) is 0 Å². The molecule has 0 saturated heterocycles. The van der Waals surface area contributed by atoms with Crippen molar-refractivity contribution in [3.8, 4) is 5.75 Å². The lowest BCUT2D eigenvalue weighted by molar-refractivity contribution is -0.136. The first-order valence-electron chi connectivity index (χ1n) is 8.86. The van der Waals surface area contributed by atoms with Gasteiger partial charge in [0.25, 0.3) is 0 Å². The molecule has 2 aromatic rings. The van der Waals surface area contributed by atoms with Gasteiger partial charge in [0, 0.05) is 28.3 Å². The highest BCUT2D eigenvalue weighted by Crippen LogP contribution is 2.48. The summed E-state index contributed by atoms with van der Waals surface area (Å²) in [5.74, 6) is -1.02. The number of rotatable bonds is 3. The van der Waals surface area contributed by atoms with E-state index in [-0.39, 0.29) is 5.78 Å². The Balaban J connectivity index is 1.98. The van der Waals surface area contributed by atoms with Gasteiger partial charge in [-0.2, -0.15) is 0 Å². The topological polar surface area (TPSA) is 64.6 Å². The first kappa shape index (κ1) is 19.6. The Labute approximate surface area is 177 Å². The highest BCUT2D eigenvalue weighted by Gasteiger charge is 2.43. The Morgan fingerprint density at radius 3 is 2.28 bits per heavy atom. The second-order valence-electron chi connectivity index (χ2n) is 6.77. The number of halogens is 2. The van der Waals surface area contributed by atoms with E-state index in [1.165, 1.54) is 14.2 Å². The van der Waals surface area contributed by atoms with Crippen molar-refractivity contribution >= 4 is 40.7 Å². The van der Waals surface area contributed by atoms with Gasteiger partial charge >= 0.3 is 5.97 Å². The third-order valence-electron chi connectivity index (χ3n) is 5.21. The molecule has 5 nitrogen and oxygen atoms in total. The van der Waals surface area contributed by atoms with Crippen LogP contribution in [-0.4, -0.2) is 26.0 Å². The molecule has 0 bridgehead atoms. The summed E-state index contributed by atoms with van der Waals surface area (Å²) >= 11 is 12.7. The largest absolute Gasteiger partial charge is 0.494 e. The molecule has 1 atom stereocenters. The zero-order valence-corrected chi connectivity index (χ0v) is 17.4. The van der Waals surface area contributed by atoms with Crippen molar-refractivity contribution in [1.29, 1.82) is 0 Å². The van der Waals surface area contributed by atoms with Crippen LogP contribution in [0.1, 0.15) is 34.3 Å². The minimum absolute atomic E-state index is 0.148. The van der Waals surface area contributed by atoms with Gasteiger partial charge in [0.2, 0.25) is 0 Å². The predicted molar refractivity (Wildman–Crippen MR) is 111 cm³/mol. The molecular formula is C22H17Cl2NO4. The maximum absolute atomic E-state index is 13.3. The van der Waals surface area contributed by atoms with E-state index >= 15 is 0 Å². The molecule has 0 radical (unpaired) electrons. The summed E-state index contributed by atoms with van der Waals surface area (Å²) in [6.45, 7) is 1.78. The monoisotopic (exact) mass is 429 g/mol. The number of allylic oxidation sites excluding steroid dienone is 2. The molecule has 7 heteroatoms. The normalized spacial score (nSPS) is 17.7. The van der Waals surface area contributed by atoms with Crippen molar-refractivity contribution in [2.24, 2.45) is 0 Å². The number of benzene rings is 2. The quantitative estimate of drug-likeness (QED) is 0.713. The minimum Gasteiger partial charge on any atom is -0.494 e. The van der Waals surface area contributed by atoms with Crippen LogP contribution in [0.4, 0.5) is 0 Å². The molecule has 1 aliphatic heterocycles. The van der Waals surface area contributed by atoms with E-state index in [1.807, 2.05) is 18.2 Å². The van der Waals surface area contributed by atoms with E-state index in [2.05, 4.69) is 5.32 Å². The number of hydrogen-bond donors (Lipinski definition) is 1. The number of carbonyl (C=O) groups is 2. The van der Waals surface area contributed by atoms with E-state index in [9.17, 15) is 9.59 Å². The van der Waals surface area contributed by atoms with Gasteiger partial charge in [-0.25, -0.2) is 4.79 Å². The molecule has 29 heavy (non-hydrogen) atoms. The highest BCUT2D eigenvalue weighted by molar-refractivity contribution is 6.37. The van der Waals surface area contributed by atoms with Gasteiger partial charge in [-0.05, 0) is 24.6 Å². The van der Waals surface area contributed by atoms with Crippen LogP contribution in [0.25, 0.3) is 5.70 Å². The Bertz CT molecular complexity index is 1110. The Hall–Kier alpha value is -2.76. The van der Waals surface area contributed by atoms with E-state index < -0.39 is 11.9 Å². The number of nitrogens with one attached hydrogen (secondary N) is 1. The number of dihydropyridines is 1. The van der Waals surface area contributed by atoms with Crippen molar-refractivity contribution in [2.75, 3.05) is 14.2 Å². The molecule has 1 N–H and O–H groups in total. The van der Waals surface area contributed by atoms with Crippen LogP contribution in [0.2, 0.25) is 10.0 Å². The average Bonchev–Trinajstić information content (AvgIpc) is 2.98. The van der Waals surface area contributed by atoms with Crippen molar-refractivity contribution in [2.45, 2.75) is 12.8 Å². The molecule has 2 aliphatic rings. The predicted octanol–water partition coefficient (Wildman–Crippen LogP) is 4.74. The minimum atomic E-state index is -0.681. The number of fused-ring (bicyclic) bond motifs is 2. The van der Waals surface area contributed by atoms with E-state index in [0.29, 0.717) is 49.5 Å². The van der Waals surface area contributed by atoms with Gasteiger partial charge in [0.05, 0.1) is 35.5 Å². The maximum Gasteiger partial charge on any atom is 0.336 e. The number of Topliss-reactive ketones (excluding diaryl/α,β-unsaturated/α-hetero) is 1. The van der Waals surface area contributed by atoms with Gasteiger partial charge in [0.1, 0.15) is 0 Å². The smallest absolute Gasteiger partial charge is 0.336 e. The number of ketones is 1. The van der Waals surface area contributed by atoms with E-state index in [1.54, 1.807) is 25.1 Å². The van der Waals surface area contributed by atoms with Gasteiger partial charge < -0.3 is 14.8 Å². The number of esters is 1. The van der Waals surface area contributed by atoms with Gasteiger partial charge in [-0.1, -0.05) is 47.5 Å². The summed E-state index contributed by atoms with van der Waals surface area (Å²) in [5, 5.41) is 3.81. The Morgan fingerprint density at radius 1 is 1.07 bits per heavy atom. The molecule has 2 aromatic carbocycles. The van der Waals surface area contributed by atoms with Gasteiger partial charge in [-0.3, -0.25) is 4.79 Å². The number of methoxy groups -OCH3 is 2. The van der Waals surface area contributed by atoms with Crippen molar-refractivity contribution < 1.29 is 19.1 Å². The van der Waals surface area contributed by atoms with E-state index in [0.717, 1.165) is 5.56 Å². The fraction of sp³-hybridized carbons (Fsp3) is 0.182. The van der Waals surface area contributed by atoms with Crippen molar-refractivity contribution in [3.63, 3.8) is 0 Å². The van der Waals surface area contributed by atoms with Gasteiger partial charge in [0.15, 0.2) is 11.5 Å². The summed E-state index contributed by atoms with van der Waals surface area (Å²) < 4.78 is 10.3. The SMILES string of the molecule is COC(=O)C1=C(C)NC2=C(C(=O)c3ccccc32)[C@@H]1c1cc(Cl)c(OC)c(Cl)c1. The second-order valence-corrected chi connectivity index (χ2v) is 7.58. The Kier molecular flexibility index (Phi) is 4.89. The third-order valence-corrected chi connectivity index (χ3v) is 5.77. The molecule has 0 spiro atoms. The lowest BCUT2D eigenvalue weighted by atomic mass is 9.80. The summed E-state index contributed by atoms with van der Waals surface area (Å²) in [5.41, 5.74) is 4.08. The zero-order chi connectivity index (χ0) is 20.9. The van der Waals surface area contributed by atoms with Crippen molar-refractivity contribution in [1.82, 2.24) is 5.32 Å². The molecule has 1 aliphatic carbocycles. The molecule has 4 rings (SSSR count). The first-order valence-corrected chi connectivity index (χ1v) is 9.61. The number of hydrogen-bond acceptors (Lipinski definition) is 5. The maximum atomic E-state index is 13.3. The van der Waals surface area contributed by atoms with Crippen LogP contribution < -0.4 is 10.1 Å². The molecule has 0 unspecified atom stereocenters. The average molecular weight is 430 g/mol. The fourth-order valence-corrected chi connectivity index (χ4v) is 4.64. The second kappa shape index (κ2) is 7.25. The summed E-state index contributed by atoms with van der Waals surface area (Å²) in [7, 11) is 2.78. The van der Waals surface area contributed by atoms with Crippen LogP contribution in [-0.2, 0) is 9.53 Å². The van der Waals surface area contributed by atoms with Crippen LogP contribution in [0, 0.1) is 0 Å². The lowest BCUT2D eigenvalue weighted by Gasteiger charge is -2.29. The molecular weight excluding hydrogens is 413 g/mol. The molecule has 0 aromatic heterocycles. The number of ether oxygens (including phenoxy) is 2. The fourth-order valence-electron chi connectivity index (χ4n) is 3.98. The molecule has 0 amide bonds. The zero-order valence-electron chi connectivity index (χ0n) is 15.9. The summed E-state index contributed by atoms with van der Waals surface area (Å²) in [6.07, 6.45) is 0. The van der Waals surface area contributed by atoms with Gasteiger partial charge in [-0.15, -0.1) is 0 Å². The third kappa shape index (κ3) is 2.93. The van der Waals surface area contributed by atoms with Crippen molar-refractivity contribution in [3.05, 3.63) is 80.0 Å². The Morgan fingerprint density at radius 2 is 1.69 bits per heavy atom. The molecule has 1 heterocycles. The first-order chi connectivity index (χ1) is 13.9. The lowest BCUT2D eigenvalue weighted by Crippen LogP contribution is -2.29. The highest BCUT2D eigenvalue weighted by atomic mass is 35.5. The number of carbonyl (C=O) groups excluding carboxylic acids is 2. The standard InChI is InChI=1S/C22H17Cl2NO4/c1-10-16(22(27)29-3)17(11-8-14(23)21(28-2)15(24)9-11)18-19(25-10)12-6-4-5-7-13(12)20(18)26/h4-9,17,25H,1-3H3/t17-/m1/s1. The van der Waals surface area contributed by atoms with Crippen LogP contribution in [0.5, 0.6) is 5.75 Å². The molecule has 0 fully saturated rings. The van der Waals surface area contributed by atoms with Crippen LogP contribution >= 0.6 is 23.2 Å². The van der Waals surface area contributed by atoms with E-state index in [4.69, 9.17) is 32.7 Å². The molecule has 148 valence electrons. The summed E-state index contributed by atoms with van der Waals surface area (Å²) in [6, 6.07) is 10.7. The molecule has 0 saturated carbocycles. The summed E-state index contributed by atoms with van der Waals surface area (Å²) in [4.78, 5) is 26.0. The van der Waals surface area contributed by atoms with Crippen LogP contribution in [0.15, 0.2) is 53.2 Å².